The van der Waals surface area contributed by atoms with Crippen molar-refractivity contribution in [1.82, 2.24) is 0 Å². The Bertz CT molecular complexity index is 11.6. The summed E-state index contributed by atoms with van der Waals surface area (Å²) in [5.41, 5.74) is 0. The number of rotatable bonds is 0. The molecule has 0 saturated carbocycles. The predicted octanol–water partition coefficient (Wildman–Crippen LogP) is -0.391. The van der Waals surface area contributed by atoms with E-state index in [1.807, 2.05) is 0 Å². The molecule has 0 saturated heterocycles. The minimum atomic E-state index is 0. The summed E-state index contributed by atoms with van der Waals surface area (Å²) >= 11 is 0. The maximum absolute atomic E-state index is 0. The van der Waals surface area contributed by atoms with E-state index in [0.717, 1.165) is 0 Å². The molecule has 0 bridgehead atoms. The number of hydrogen-bond acceptors (Lipinski definition) is 0. The van der Waals surface area contributed by atoms with Crippen molar-refractivity contribution in [1.29, 1.82) is 0 Å². The fourth-order valence-corrected chi connectivity index (χ4v) is 0. The molecule has 0 fully saturated rings. The molecular weight excluding hydrogens is 378 g/mol. The molecule has 0 N–H and O–H groups in total. The fourth-order valence-electron chi connectivity index (χ4n) is 0. The molecule has 0 aliphatic carbocycles. The zero-order chi connectivity index (χ0) is 0. The van der Waals surface area contributed by atoms with Crippen LogP contribution in [0.25, 0.3) is 0 Å². The summed E-state index contributed by atoms with van der Waals surface area (Å²) in [6.45, 7) is 0. The first-order valence-electron chi connectivity index (χ1n) is 0. The molecule has 0 nitrogen and oxygen atoms in total. The van der Waals surface area contributed by atoms with Crippen molar-refractivity contribution in [3.63, 3.8) is 0 Å². The summed E-state index contributed by atoms with van der Waals surface area (Å²) in [5, 5.41) is 0. The van der Waals surface area contributed by atoms with Crippen LogP contribution in [0.1, 0.15) is 0 Å². The summed E-state index contributed by atoms with van der Waals surface area (Å²) in [6, 6.07) is 0. The zero-order valence-corrected chi connectivity index (χ0v) is 7.59. The van der Waals surface area contributed by atoms with Gasteiger partial charge in [0, 0.05) is 79.2 Å². The minimum Gasteiger partial charge on any atom is 0 e. The van der Waals surface area contributed by atoms with Crippen LogP contribution in [0.3, 0.4) is 0 Å². The Hall–Kier alpha value is 2.25. The second kappa shape index (κ2) is 34.1. The van der Waals surface area contributed by atoms with Crippen LogP contribution in [-0.4, -0.2) is 8.41 Å². The molecule has 0 rings (SSSR count). The van der Waals surface area contributed by atoms with Crippen molar-refractivity contribution in [2.75, 3.05) is 0 Å². The fraction of sp³-hybridized carbons (Fsp3) is 0. The van der Waals surface area contributed by atoms with Crippen LogP contribution in [0, 0.1) is 0 Å². The van der Waals surface area contributed by atoms with Crippen molar-refractivity contribution in [3.8, 4) is 0 Å². The molecule has 0 aliphatic rings. The summed E-state index contributed by atoms with van der Waals surface area (Å²) < 4.78 is 0. The molecular formula is BCoCuNiRe. The average molecular weight is 378 g/mol. The first kappa shape index (κ1) is 56.0. The van der Waals surface area contributed by atoms with Gasteiger partial charge in [0.15, 0.2) is 0 Å². The molecule has 0 aliphatic heterocycles. The molecule has 0 aromatic rings. The van der Waals surface area contributed by atoms with Gasteiger partial charge in [-0.05, 0) is 0 Å². The van der Waals surface area contributed by atoms with E-state index in [1.165, 1.54) is 0 Å². The monoisotopic (exact) mass is 378 g/mol. The third-order valence-electron chi connectivity index (χ3n) is 0. The van der Waals surface area contributed by atoms with Gasteiger partial charge in [-0.25, -0.2) is 0 Å². The molecule has 0 unspecified atom stereocenters. The van der Waals surface area contributed by atoms with E-state index >= 15 is 0 Å². The third kappa shape index (κ3) is 22.3. The second-order valence-electron chi connectivity index (χ2n) is 0. The second-order valence-corrected chi connectivity index (χ2v) is 0. The van der Waals surface area contributed by atoms with Crippen LogP contribution in [0.5, 0.6) is 0 Å². The van der Waals surface area contributed by atoms with E-state index in [4.69, 9.17) is 0 Å². The molecule has 0 amide bonds. The van der Waals surface area contributed by atoms with E-state index < -0.39 is 0 Å². The van der Waals surface area contributed by atoms with Gasteiger partial charge in [0.1, 0.15) is 0 Å². The Morgan fingerprint density at radius 1 is 1.00 bits per heavy atom. The van der Waals surface area contributed by atoms with Crippen LogP contribution in [0.2, 0.25) is 0 Å². The Balaban J connectivity index is 0. The molecule has 0 spiro atoms. The molecule has 0 atom stereocenters. The van der Waals surface area contributed by atoms with E-state index in [2.05, 4.69) is 0 Å². The Labute approximate surface area is 78.4 Å². The maximum Gasteiger partial charge on any atom is 0 e. The Kier molecular flexibility index (Phi) is 382. The van der Waals surface area contributed by atoms with Crippen LogP contribution in [-0.2, 0) is 70.8 Å². The van der Waals surface area contributed by atoms with Gasteiger partial charge in [-0.1, -0.05) is 0 Å². The van der Waals surface area contributed by atoms with E-state index in [-0.39, 0.29) is 79.2 Å². The first-order chi connectivity index (χ1) is 0. The maximum atomic E-state index is 0. The van der Waals surface area contributed by atoms with Crippen molar-refractivity contribution in [2.24, 2.45) is 0 Å². The van der Waals surface area contributed by atoms with Crippen molar-refractivity contribution < 1.29 is 70.8 Å². The molecule has 0 aromatic heterocycles. The van der Waals surface area contributed by atoms with Gasteiger partial charge in [0.25, 0.3) is 0 Å². The van der Waals surface area contributed by atoms with Gasteiger partial charge < -0.3 is 0 Å². The summed E-state index contributed by atoms with van der Waals surface area (Å²) in [6.07, 6.45) is 0. The smallest absolute Gasteiger partial charge is 0 e. The minimum absolute atomic E-state index is 0. The van der Waals surface area contributed by atoms with Gasteiger partial charge in [-0.2, -0.15) is 0 Å². The molecule has 40 valence electrons. The standard InChI is InChI=1S/B.Co.Cu.Ni.Re. The Morgan fingerprint density at radius 2 is 1.00 bits per heavy atom. The average Bonchev–Trinajstić information content (AvgIpc) is 0. The van der Waals surface area contributed by atoms with Gasteiger partial charge in [-0.3, -0.25) is 0 Å². The summed E-state index contributed by atoms with van der Waals surface area (Å²) in [5.74, 6) is 0. The molecule has 5 heavy (non-hydrogen) atoms. The van der Waals surface area contributed by atoms with Crippen molar-refractivity contribution in [2.45, 2.75) is 0 Å². The largest absolute Gasteiger partial charge is 0 e. The van der Waals surface area contributed by atoms with Crippen molar-refractivity contribution >= 4 is 8.41 Å². The van der Waals surface area contributed by atoms with E-state index in [9.17, 15) is 0 Å². The Morgan fingerprint density at radius 3 is 1.00 bits per heavy atom. The third-order valence-corrected chi connectivity index (χ3v) is 0. The first-order valence-corrected chi connectivity index (χ1v) is 0. The van der Waals surface area contributed by atoms with E-state index in [1.54, 1.807) is 0 Å². The molecule has 6 radical (unpaired) electrons. The SMILES string of the molecule is [B].[Co].[Cu].[Ni].[Re]. The quantitative estimate of drug-likeness (QED) is 0.504. The number of hydrogen-bond donors (Lipinski definition) is 0. The van der Waals surface area contributed by atoms with Gasteiger partial charge >= 0.3 is 0 Å². The molecule has 0 aromatic carbocycles. The van der Waals surface area contributed by atoms with Crippen LogP contribution >= 0.6 is 0 Å². The van der Waals surface area contributed by atoms with Crippen molar-refractivity contribution in [3.05, 3.63) is 0 Å². The van der Waals surface area contributed by atoms with E-state index in [0.29, 0.717) is 0 Å². The zero-order valence-electron chi connectivity index (χ0n) is 1.91. The summed E-state index contributed by atoms with van der Waals surface area (Å²) in [7, 11) is 0. The molecule has 5 heteroatoms. The van der Waals surface area contributed by atoms with Crippen LogP contribution < -0.4 is 0 Å². The normalized spacial score (nSPS) is 0. The topological polar surface area (TPSA) is 0 Å². The van der Waals surface area contributed by atoms with Gasteiger partial charge in [-0.15, -0.1) is 0 Å². The van der Waals surface area contributed by atoms with Crippen LogP contribution in [0.15, 0.2) is 0 Å². The van der Waals surface area contributed by atoms with Crippen LogP contribution in [0.4, 0.5) is 0 Å². The summed E-state index contributed by atoms with van der Waals surface area (Å²) in [4.78, 5) is 0. The predicted molar refractivity (Wildman–Crippen MR) is 5.75 cm³/mol. The molecule has 0 heterocycles. The van der Waals surface area contributed by atoms with Gasteiger partial charge in [0.05, 0.1) is 0 Å². The van der Waals surface area contributed by atoms with Gasteiger partial charge in [0.2, 0.25) is 0 Å².